The van der Waals surface area contributed by atoms with E-state index in [9.17, 15) is 18.5 Å². The second-order valence-corrected chi connectivity index (χ2v) is 16.0. The molecule has 0 aliphatic heterocycles. The number of aromatic nitrogens is 1. The van der Waals surface area contributed by atoms with Crippen LogP contribution in [0.25, 0.3) is 10.9 Å². The maximum Gasteiger partial charge on any atom is 0.344 e. The number of Topliss-reactive ketones (excluding diaryl/α,β-unsaturated/α-hetero) is 2. The van der Waals surface area contributed by atoms with E-state index in [4.69, 9.17) is 23.3 Å². The van der Waals surface area contributed by atoms with Gasteiger partial charge in [0.1, 0.15) is 17.9 Å². The zero-order valence-corrected chi connectivity index (χ0v) is 33.3. The van der Waals surface area contributed by atoms with E-state index in [1.807, 2.05) is 35.2 Å². The van der Waals surface area contributed by atoms with Gasteiger partial charge >= 0.3 is 7.60 Å². The molecule has 0 N–H and O–H groups in total. The second kappa shape index (κ2) is 19.0. The number of ketones is 2. The van der Waals surface area contributed by atoms with Gasteiger partial charge in [0, 0.05) is 43.6 Å². The molecule has 0 bridgehead atoms. The molecule has 1 aromatic heterocycles. The Balaban J connectivity index is 1.09. The van der Waals surface area contributed by atoms with Crippen LogP contribution in [-0.2, 0) is 42.6 Å². The van der Waals surface area contributed by atoms with Crippen LogP contribution in [0.1, 0.15) is 49.8 Å². The van der Waals surface area contributed by atoms with E-state index in [1.165, 1.54) is 43.5 Å². The topological polar surface area (TPSA) is 113 Å². The summed E-state index contributed by atoms with van der Waals surface area (Å²) >= 11 is 0. The molecule has 5 aromatic rings. The van der Waals surface area contributed by atoms with Crippen molar-refractivity contribution in [2.45, 2.75) is 52.5 Å². The number of methoxy groups -OCH3 is 1. The molecule has 0 unspecified atom stereocenters. The van der Waals surface area contributed by atoms with Crippen molar-refractivity contribution in [1.82, 2.24) is 9.88 Å². The van der Waals surface area contributed by atoms with Crippen LogP contribution in [-0.4, -0.2) is 61.2 Å². The largest absolute Gasteiger partial charge is 0.493 e. The van der Waals surface area contributed by atoms with Gasteiger partial charge in [0.05, 0.1) is 37.9 Å². The zero-order chi connectivity index (χ0) is 40.4. The average molecular weight is 801 g/mol. The standard InChI is InChI=1S/C44H47F2N2O8P/c1-4-54-57(51,55-5-2)30-48(29-32-10-7-6-8-11-32)22-9-23-53-41-28-37-35(27-40(41)52-3)38(18-21-47-37)56-39-17-14-33(24-36(39)46)26-43(50)44(19-20-44)42(49)25-31-12-15-34(45)16-13-31/h6-8,10-18,21,24,27-28H,4-5,9,19-20,22-23,25-26,29-30H2,1-3H3. The summed E-state index contributed by atoms with van der Waals surface area (Å²) in [5.74, 6) is -0.356. The number of benzene rings is 4. The molecule has 6 rings (SSSR count). The summed E-state index contributed by atoms with van der Waals surface area (Å²) in [6.45, 7) is 5.57. The smallest absolute Gasteiger partial charge is 0.344 e. The van der Waals surface area contributed by atoms with Gasteiger partial charge in [-0.05, 0) is 86.2 Å². The fraction of sp³-hybridized carbons (Fsp3) is 0.341. The Morgan fingerprint density at radius 1 is 0.789 bits per heavy atom. The fourth-order valence-electron chi connectivity index (χ4n) is 6.76. The molecule has 13 heteroatoms. The van der Waals surface area contributed by atoms with Gasteiger partial charge in [0.2, 0.25) is 0 Å². The number of nitrogens with zero attached hydrogens (tertiary/aromatic N) is 2. The van der Waals surface area contributed by atoms with Crippen LogP contribution >= 0.6 is 7.60 Å². The van der Waals surface area contributed by atoms with Crippen LogP contribution < -0.4 is 14.2 Å². The Morgan fingerprint density at radius 3 is 2.12 bits per heavy atom. The van der Waals surface area contributed by atoms with E-state index >= 15 is 4.39 Å². The van der Waals surface area contributed by atoms with Gasteiger partial charge < -0.3 is 23.3 Å². The van der Waals surface area contributed by atoms with E-state index in [1.54, 1.807) is 44.3 Å². The maximum atomic E-state index is 15.5. The molecule has 0 atom stereocenters. The Hall–Kier alpha value is -5.00. The van der Waals surface area contributed by atoms with E-state index in [2.05, 4.69) is 4.98 Å². The molecule has 4 aromatic carbocycles. The Bertz CT molecular complexity index is 2210. The number of hydrogen-bond acceptors (Lipinski definition) is 10. The third-order valence-corrected chi connectivity index (χ3v) is 11.9. The van der Waals surface area contributed by atoms with Gasteiger partial charge in [0.15, 0.2) is 34.6 Å². The van der Waals surface area contributed by atoms with Crippen LogP contribution in [0.3, 0.4) is 0 Å². The Kier molecular flexibility index (Phi) is 13.8. The van der Waals surface area contributed by atoms with E-state index < -0.39 is 24.6 Å². The minimum Gasteiger partial charge on any atom is -0.493 e. The predicted molar refractivity (Wildman–Crippen MR) is 213 cm³/mol. The number of fused-ring (bicyclic) bond motifs is 1. The summed E-state index contributed by atoms with van der Waals surface area (Å²) in [7, 11) is -1.81. The molecular weight excluding hydrogens is 753 g/mol. The van der Waals surface area contributed by atoms with Gasteiger partial charge in [-0.25, -0.2) is 8.78 Å². The molecule has 1 heterocycles. The highest BCUT2D eigenvalue weighted by Crippen LogP contribution is 2.50. The van der Waals surface area contributed by atoms with Gasteiger partial charge in [0.25, 0.3) is 0 Å². The summed E-state index contributed by atoms with van der Waals surface area (Å²) in [5, 5.41) is 0.562. The minimum atomic E-state index is -3.33. The Labute approximate surface area is 331 Å². The number of rotatable bonds is 22. The fourth-order valence-corrected chi connectivity index (χ4v) is 8.52. The van der Waals surface area contributed by atoms with Crippen LogP contribution in [0, 0.1) is 17.0 Å². The summed E-state index contributed by atoms with van der Waals surface area (Å²) < 4.78 is 71.2. The van der Waals surface area contributed by atoms with Gasteiger partial charge in [-0.15, -0.1) is 0 Å². The lowest BCUT2D eigenvalue weighted by Crippen LogP contribution is -2.28. The molecule has 1 saturated carbocycles. The molecule has 1 fully saturated rings. The van der Waals surface area contributed by atoms with Crippen molar-refractivity contribution in [2.24, 2.45) is 5.41 Å². The highest BCUT2D eigenvalue weighted by molar-refractivity contribution is 7.53. The SMILES string of the molecule is CCOP(=O)(CN(CCCOc1cc2nccc(Oc3ccc(CC(=O)C4(C(=O)Cc5ccc(F)cc5)CC4)cc3F)c2cc1OC)Cc1ccccc1)OCC. The quantitative estimate of drug-likeness (QED) is 0.0381. The normalized spacial score (nSPS) is 13.4. The summed E-state index contributed by atoms with van der Waals surface area (Å²) in [5.41, 5.74) is 1.58. The molecule has 10 nitrogen and oxygen atoms in total. The second-order valence-electron chi connectivity index (χ2n) is 13.9. The minimum absolute atomic E-state index is 0.0368. The van der Waals surface area contributed by atoms with Gasteiger partial charge in [-0.1, -0.05) is 48.5 Å². The predicted octanol–water partition coefficient (Wildman–Crippen LogP) is 9.51. The molecule has 0 saturated heterocycles. The van der Waals surface area contributed by atoms with E-state index in [-0.39, 0.29) is 49.7 Å². The number of pyridine rings is 1. The van der Waals surface area contributed by atoms with Crippen molar-refractivity contribution in [3.63, 3.8) is 0 Å². The molecule has 0 spiro atoms. The van der Waals surface area contributed by atoms with Crippen molar-refractivity contribution in [2.75, 3.05) is 39.8 Å². The number of ether oxygens (including phenoxy) is 3. The third kappa shape index (κ3) is 10.7. The van der Waals surface area contributed by atoms with Gasteiger partial charge in [-0.2, -0.15) is 0 Å². The number of halogens is 2. The molecular formula is C44H47F2N2O8P. The lowest BCUT2D eigenvalue weighted by atomic mass is 9.88. The molecule has 1 aliphatic rings. The van der Waals surface area contributed by atoms with Crippen molar-refractivity contribution in [3.8, 4) is 23.0 Å². The number of carbonyl (C=O) groups excluding carboxylic acids is 2. The van der Waals surface area contributed by atoms with Gasteiger partial charge in [-0.3, -0.25) is 24.0 Å². The average Bonchev–Trinajstić information content (AvgIpc) is 4.01. The number of hydrogen-bond donors (Lipinski definition) is 0. The molecule has 1 aliphatic carbocycles. The summed E-state index contributed by atoms with van der Waals surface area (Å²) in [6, 6.07) is 25.0. The van der Waals surface area contributed by atoms with Crippen LogP contribution in [0.4, 0.5) is 8.78 Å². The lowest BCUT2D eigenvalue weighted by molar-refractivity contribution is -0.133. The van der Waals surface area contributed by atoms with E-state index in [0.29, 0.717) is 78.2 Å². The first-order valence-corrected chi connectivity index (χ1v) is 20.8. The number of carbonyl (C=O) groups is 2. The highest BCUT2D eigenvalue weighted by Gasteiger charge is 2.54. The van der Waals surface area contributed by atoms with Crippen LogP contribution in [0.2, 0.25) is 0 Å². The highest BCUT2D eigenvalue weighted by atomic mass is 31.2. The first-order chi connectivity index (χ1) is 27.5. The summed E-state index contributed by atoms with van der Waals surface area (Å²) in [6.07, 6.45) is 3.11. The molecule has 300 valence electrons. The van der Waals surface area contributed by atoms with E-state index in [0.717, 1.165) is 5.56 Å². The van der Waals surface area contributed by atoms with Crippen molar-refractivity contribution >= 4 is 30.1 Å². The lowest BCUT2D eigenvalue weighted by Gasteiger charge is -2.27. The van der Waals surface area contributed by atoms with Crippen molar-refractivity contribution in [3.05, 3.63) is 126 Å². The van der Waals surface area contributed by atoms with Crippen molar-refractivity contribution < 1.29 is 46.2 Å². The molecule has 57 heavy (non-hydrogen) atoms. The Morgan fingerprint density at radius 2 is 1.47 bits per heavy atom. The monoisotopic (exact) mass is 800 g/mol. The first-order valence-electron chi connectivity index (χ1n) is 19.1. The van der Waals surface area contributed by atoms with Crippen molar-refractivity contribution in [1.29, 1.82) is 0 Å². The molecule has 0 amide bonds. The first kappa shape index (κ1) is 41.6. The summed E-state index contributed by atoms with van der Waals surface area (Å²) in [4.78, 5) is 32.9. The van der Waals surface area contributed by atoms with Crippen LogP contribution in [0.5, 0.6) is 23.0 Å². The third-order valence-electron chi connectivity index (χ3n) is 9.81. The maximum absolute atomic E-state index is 15.5. The molecule has 0 radical (unpaired) electrons. The van der Waals surface area contributed by atoms with Crippen LogP contribution in [0.15, 0.2) is 97.2 Å². The zero-order valence-electron chi connectivity index (χ0n) is 32.4.